The van der Waals surface area contributed by atoms with E-state index in [0.717, 1.165) is 5.69 Å². The largest absolute Gasteiger partial charge is 0.378 e. The third-order valence-corrected chi connectivity index (χ3v) is 6.24. The monoisotopic (exact) mass is 339 g/mol. The fourth-order valence-corrected chi connectivity index (χ4v) is 4.08. The van der Waals surface area contributed by atoms with Crippen LogP contribution in [0.1, 0.15) is 11.4 Å². The lowest BCUT2D eigenvalue weighted by Gasteiger charge is -2.23. The lowest BCUT2D eigenvalue weighted by molar-refractivity contribution is 0.229. The molecule has 0 aliphatic carbocycles. The van der Waals surface area contributed by atoms with Crippen molar-refractivity contribution in [3.8, 4) is 0 Å². The molecule has 0 heterocycles. The Balaban J connectivity index is 2.38. The second-order valence-corrected chi connectivity index (χ2v) is 8.12. The van der Waals surface area contributed by atoms with E-state index >= 15 is 0 Å². The van der Waals surface area contributed by atoms with Crippen LogP contribution in [-0.4, -0.2) is 26.3 Å². The second kappa shape index (κ2) is 6.84. The molecule has 1 N–H and O–H groups in total. The number of rotatable bonds is 5. The molecule has 0 amide bonds. The van der Waals surface area contributed by atoms with Gasteiger partial charge in [0.25, 0.3) is 7.37 Å². The minimum absolute atomic E-state index is 0.475. The Hall–Kier alpha value is -1.32. The molecule has 0 bridgehead atoms. The molecule has 2 aromatic rings. The first kappa shape index (κ1) is 17.0. The van der Waals surface area contributed by atoms with E-state index in [1.165, 1.54) is 7.11 Å². The van der Waals surface area contributed by atoms with Gasteiger partial charge in [0.2, 0.25) is 0 Å². The van der Waals surface area contributed by atoms with Crippen LogP contribution in [0.3, 0.4) is 0 Å². The Morgan fingerprint density at radius 2 is 1.64 bits per heavy atom. The Morgan fingerprint density at radius 3 is 2.09 bits per heavy atom. The zero-order chi connectivity index (χ0) is 16.3. The van der Waals surface area contributed by atoms with E-state index in [1.54, 1.807) is 36.4 Å². The van der Waals surface area contributed by atoms with Crippen molar-refractivity contribution in [2.24, 2.45) is 0 Å². The summed E-state index contributed by atoms with van der Waals surface area (Å²) in [7, 11) is 1.76. The summed E-state index contributed by atoms with van der Waals surface area (Å²) in [6, 6.07) is 13.7. The Kier molecular flexibility index (Phi) is 5.30. The summed E-state index contributed by atoms with van der Waals surface area (Å²) >= 11 is 5.84. The summed E-state index contributed by atoms with van der Waals surface area (Å²) in [4.78, 5) is 1.94. The fraction of sp³-hybridized carbons (Fsp3) is 0.250. The number of benzene rings is 2. The highest BCUT2D eigenvalue weighted by molar-refractivity contribution is 7.67. The van der Waals surface area contributed by atoms with Crippen LogP contribution in [0.5, 0.6) is 0 Å². The molecule has 0 aliphatic heterocycles. The van der Waals surface area contributed by atoms with E-state index in [2.05, 4.69) is 0 Å². The molecule has 0 spiro atoms. The van der Waals surface area contributed by atoms with Crippen LogP contribution < -0.4 is 10.2 Å². The van der Waals surface area contributed by atoms with Crippen molar-refractivity contribution in [3.05, 3.63) is 59.1 Å². The number of nitrogens with zero attached hydrogens (tertiary/aromatic N) is 1. The average molecular weight is 340 g/mol. The van der Waals surface area contributed by atoms with E-state index in [0.29, 0.717) is 15.9 Å². The Bertz CT molecular complexity index is 671. The van der Waals surface area contributed by atoms with Gasteiger partial charge in [-0.05, 0) is 42.0 Å². The molecule has 0 saturated carbocycles. The van der Waals surface area contributed by atoms with Gasteiger partial charge in [0, 0.05) is 37.2 Å². The number of aliphatic hydroxyl groups excluding tert-OH is 1. The number of anilines is 1. The van der Waals surface area contributed by atoms with Crippen molar-refractivity contribution in [3.63, 3.8) is 0 Å². The van der Waals surface area contributed by atoms with Crippen LogP contribution in [0.2, 0.25) is 5.02 Å². The molecule has 0 fully saturated rings. The molecule has 2 rings (SSSR count). The molecular weight excluding hydrogens is 321 g/mol. The van der Waals surface area contributed by atoms with Crippen LogP contribution in [0.25, 0.3) is 0 Å². The number of hydrogen-bond donors (Lipinski definition) is 1. The number of halogens is 1. The molecule has 4 nitrogen and oxygen atoms in total. The van der Waals surface area contributed by atoms with E-state index in [-0.39, 0.29) is 0 Å². The summed E-state index contributed by atoms with van der Waals surface area (Å²) in [5, 5.41) is 11.5. The van der Waals surface area contributed by atoms with Gasteiger partial charge in [0.05, 0.1) is 0 Å². The number of aliphatic hydroxyl groups is 1. The molecule has 0 radical (unpaired) electrons. The highest BCUT2D eigenvalue weighted by Gasteiger charge is 2.35. The maximum Gasteiger partial charge on any atom is 0.263 e. The SMILES string of the molecule is CO[P@@](=O)(c1ccc(N(C)C)cc1)[C@@H](O)c1ccc(Cl)cc1. The van der Waals surface area contributed by atoms with Crippen LogP contribution >= 0.6 is 19.0 Å². The molecule has 22 heavy (non-hydrogen) atoms. The first-order valence-corrected chi connectivity index (χ1v) is 8.82. The summed E-state index contributed by atoms with van der Waals surface area (Å²) < 4.78 is 18.4. The standard InChI is InChI=1S/C16H19ClNO3P/c1-18(2)14-8-10-15(11-9-14)22(20,21-3)16(19)12-4-6-13(17)7-5-12/h4-11,16,19H,1-3H3/t16-,22+/m1/s1. The minimum atomic E-state index is -3.44. The van der Waals surface area contributed by atoms with E-state index in [4.69, 9.17) is 16.1 Å². The molecule has 0 aliphatic rings. The zero-order valence-electron chi connectivity index (χ0n) is 12.7. The van der Waals surface area contributed by atoms with E-state index in [1.807, 2.05) is 31.1 Å². The lowest BCUT2D eigenvalue weighted by Crippen LogP contribution is -2.15. The normalized spacial score (nSPS) is 15.1. The molecule has 0 saturated heterocycles. The van der Waals surface area contributed by atoms with Gasteiger partial charge in [-0.3, -0.25) is 4.57 Å². The van der Waals surface area contributed by atoms with E-state index in [9.17, 15) is 9.67 Å². The van der Waals surface area contributed by atoms with Gasteiger partial charge in [-0.1, -0.05) is 23.7 Å². The zero-order valence-corrected chi connectivity index (χ0v) is 14.4. The van der Waals surface area contributed by atoms with Crippen LogP contribution in [-0.2, 0) is 9.09 Å². The highest BCUT2D eigenvalue weighted by atomic mass is 35.5. The van der Waals surface area contributed by atoms with Gasteiger partial charge in [0.15, 0.2) is 5.85 Å². The van der Waals surface area contributed by atoms with Crippen molar-refractivity contribution >= 4 is 30.0 Å². The van der Waals surface area contributed by atoms with Gasteiger partial charge < -0.3 is 14.5 Å². The highest BCUT2D eigenvalue weighted by Crippen LogP contribution is 2.57. The molecule has 118 valence electrons. The summed E-state index contributed by atoms with van der Waals surface area (Å²) in [6.07, 6.45) is 0. The molecule has 6 heteroatoms. The van der Waals surface area contributed by atoms with Gasteiger partial charge in [-0.25, -0.2) is 0 Å². The predicted octanol–water partition coefficient (Wildman–Crippen LogP) is 3.65. The third-order valence-electron chi connectivity index (χ3n) is 3.49. The van der Waals surface area contributed by atoms with Crippen molar-refractivity contribution in [2.75, 3.05) is 26.1 Å². The smallest absolute Gasteiger partial charge is 0.263 e. The predicted molar refractivity (Wildman–Crippen MR) is 91.4 cm³/mol. The van der Waals surface area contributed by atoms with E-state index < -0.39 is 13.2 Å². The summed E-state index contributed by atoms with van der Waals surface area (Å²) in [5.74, 6) is -1.24. The van der Waals surface area contributed by atoms with Gasteiger partial charge in [-0.2, -0.15) is 0 Å². The Morgan fingerprint density at radius 1 is 1.09 bits per heavy atom. The van der Waals surface area contributed by atoms with Crippen LogP contribution in [0.4, 0.5) is 5.69 Å². The summed E-state index contributed by atoms with van der Waals surface area (Å²) in [5.41, 5.74) is 1.48. The first-order valence-electron chi connectivity index (χ1n) is 6.75. The maximum absolute atomic E-state index is 13.1. The van der Waals surface area contributed by atoms with Crippen molar-refractivity contribution in [2.45, 2.75) is 5.85 Å². The first-order chi connectivity index (χ1) is 10.4. The summed E-state index contributed by atoms with van der Waals surface area (Å²) in [6.45, 7) is 0. The van der Waals surface area contributed by atoms with Crippen molar-refractivity contribution in [1.29, 1.82) is 0 Å². The molecule has 0 unspecified atom stereocenters. The van der Waals surface area contributed by atoms with Crippen LogP contribution in [0, 0.1) is 0 Å². The third kappa shape index (κ3) is 3.36. The lowest BCUT2D eigenvalue weighted by atomic mass is 10.2. The molecule has 0 aromatic heterocycles. The van der Waals surface area contributed by atoms with Gasteiger partial charge >= 0.3 is 0 Å². The fourth-order valence-electron chi connectivity index (χ4n) is 2.14. The Labute approximate surface area is 135 Å². The van der Waals surface area contributed by atoms with Crippen molar-refractivity contribution < 1.29 is 14.2 Å². The average Bonchev–Trinajstić information content (AvgIpc) is 2.54. The second-order valence-electron chi connectivity index (χ2n) is 5.12. The molecular formula is C16H19ClNO3P. The van der Waals surface area contributed by atoms with Gasteiger partial charge in [-0.15, -0.1) is 0 Å². The van der Waals surface area contributed by atoms with Crippen molar-refractivity contribution in [1.82, 2.24) is 0 Å². The van der Waals surface area contributed by atoms with Gasteiger partial charge in [0.1, 0.15) is 0 Å². The quantitative estimate of drug-likeness (QED) is 0.845. The molecule has 2 aromatic carbocycles. The van der Waals surface area contributed by atoms with Crippen LogP contribution in [0.15, 0.2) is 48.5 Å². The maximum atomic E-state index is 13.1. The topological polar surface area (TPSA) is 49.8 Å². The number of hydrogen-bond acceptors (Lipinski definition) is 4. The minimum Gasteiger partial charge on any atom is -0.378 e. The molecule has 2 atom stereocenters.